The van der Waals surface area contributed by atoms with Gasteiger partial charge in [0.25, 0.3) is 5.91 Å². The molecule has 116 valence electrons. The predicted molar refractivity (Wildman–Crippen MR) is 92.3 cm³/mol. The third-order valence-corrected chi connectivity index (χ3v) is 4.23. The van der Waals surface area contributed by atoms with Gasteiger partial charge in [0, 0.05) is 21.1 Å². The molecule has 0 atom stereocenters. The number of fused-ring (bicyclic) bond motifs is 1. The van der Waals surface area contributed by atoms with Gasteiger partial charge in [-0.15, -0.1) is 0 Å². The number of benzene rings is 2. The quantitative estimate of drug-likeness (QED) is 0.644. The Morgan fingerprint density at radius 3 is 2.57 bits per heavy atom. The van der Waals surface area contributed by atoms with Crippen LogP contribution < -0.4 is 4.74 Å². The molecule has 0 aliphatic heterocycles. The summed E-state index contributed by atoms with van der Waals surface area (Å²) in [5.41, 5.74) is 1.89. The fourth-order valence-electron chi connectivity index (χ4n) is 2.60. The highest BCUT2D eigenvalue weighted by Gasteiger charge is 2.18. The summed E-state index contributed by atoms with van der Waals surface area (Å²) in [6.07, 6.45) is 0.789. The summed E-state index contributed by atoms with van der Waals surface area (Å²) < 4.78 is 8.03. The van der Waals surface area contributed by atoms with Gasteiger partial charge in [0.05, 0.1) is 5.52 Å². The molecular formula is C18H14BrNO3. The van der Waals surface area contributed by atoms with E-state index in [4.69, 9.17) is 4.74 Å². The van der Waals surface area contributed by atoms with Crippen LogP contribution in [0.15, 0.2) is 53.0 Å². The Balaban J connectivity index is 1.90. The first-order valence-corrected chi connectivity index (χ1v) is 7.88. The summed E-state index contributed by atoms with van der Waals surface area (Å²) in [5.74, 6) is 0.404. The number of para-hydroxylation sites is 1. The van der Waals surface area contributed by atoms with E-state index in [-0.39, 0.29) is 12.5 Å². The van der Waals surface area contributed by atoms with Crippen LogP contribution in [0.1, 0.15) is 20.8 Å². The van der Waals surface area contributed by atoms with Gasteiger partial charge in [-0.1, -0.05) is 34.1 Å². The molecule has 0 unspecified atom stereocenters. The van der Waals surface area contributed by atoms with E-state index in [9.17, 15) is 9.59 Å². The first-order valence-electron chi connectivity index (χ1n) is 7.08. The number of carbonyl (C=O) groups is 2. The van der Waals surface area contributed by atoms with Gasteiger partial charge in [0.1, 0.15) is 5.75 Å². The van der Waals surface area contributed by atoms with Gasteiger partial charge < -0.3 is 4.74 Å². The van der Waals surface area contributed by atoms with Crippen LogP contribution >= 0.6 is 15.9 Å². The molecule has 0 radical (unpaired) electrons. The molecule has 0 saturated heterocycles. The maximum absolute atomic E-state index is 12.6. The van der Waals surface area contributed by atoms with Crippen LogP contribution in [0.5, 0.6) is 5.75 Å². The molecule has 23 heavy (non-hydrogen) atoms. The first kappa shape index (κ1) is 15.5. The van der Waals surface area contributed by atoms with E-state index in [0.29, 0.717) is 17.0 Å². The molecule has 0 saturated carbocycles. The summed E-state index contributed by atoms with van der Waals surface area (Å²) in [7, 11) is 0. The average molecular weight is 372 g/mol. The molecule has 0 spiro atoms. The van der Waals surface area contributed by atoms with E-state index in [1.54, 1.807) is 19.1 Å². The first-order chi connectivity index (χ1) is 11.1. The highest BCUT2D eigenvalue weighted by Crippen LogP contribution is 2.24. The van der Waals surface area contributed by atoms with Crippen molar-refractivity contribution in [1.82, 2.24) is 4.57 Å². The monoisotopic (exact) mass is 371 g/mol. The Kier molecular flexibility index (Phi) is 4.30. The number of nitrogens with zero attached hydrogens (tertiary/aromatic N) is 1. The van der Waals surface area contributed by atoms with Gasteiger partial charge in [-0.05, 0) is 37.3 Å². The van der Waals surface area contributed by atoms with Crippen LogP contribution in [0.3, 0.4) is 0 Å². The minimum atomic E-state index is -0.213. The summed E-state index contributed by atoms with van der Waals surface area (Å²) in [6.45, 7) is 1.67. The molecular weight excluding hydrogens is 358 g/mol. The van der Waals surface area contributed by atoms with Crippen molar-refractivity contribution in [1.29, 1.82) is 0 Å². The van der Waals surface area contributed by atoms with Crippen molar-refractivity contribution in [3.05, 3.63) is 64.3 Å². The molecule has 0 N–H and O–H groups in total. The highest BCUT2D eigenvalue weighted by molar-refractivity contribution is 9.10. The van der Waals surface area contributed by atoms with E-state index < -0.39 is 0 Å². The number of hydrogen-bond acceptors (Lipinski definition) is 3. The second-order valence-electron chi connectivity index (χ2n) is 5.11. The normalized spacial score (nSPS) is 10.7. The van der Waals surface area contributed by atoms with Crippen LogP contribution in [0.4, 0.5) is 0 Å². The molecule has 0 aliphatic carbocycles. The van der Waals surface area contributed by atoms with Crippen molar-refractivity contribution >= 4 is 39.0 Å². The standard InChI is InChI=1S/C18H14BrNO3/c1-12-16(10-21)15-4-2-3-5-17(15)20(12)18(22)11-23-14-8-6-13(19)7-9-14/h2-10H,11H2,1H3. The smallest absolute Gasteiger partial charge is 0.269 e. The minimum absolute atomic E-state index is 0.0978. The Labute approximate surface area is 141 Å². The Morgan fingerprint density at radius 1 is 1.17 bits per heavy atom. The van der Waals surface area contributed by atoms with Crippen molar-refractivity contribution in [3.8, 4) is 5.75 Å². The molecule has 1 aromatic heterocycles. The average Bonchev–Trinajstić information content (AvgIpc) is 2.85. The Hall–Kier alpha value is -2.40. The van der Waals surface area contributed by atoms with Gasteiger partial charge >= 0.3 is 0 Å². The zero-order chi connectivity index (χ0) is 16.4. The molecule has 2 aromatic carbocycles. The second-order valence-corrected chi connectivity index (χ2v) is 6.02. The van der Waals surface area contributed by atoms with Crippen molar-refractivity contribution in [2.24, 2.45) is 0 Å². The van der Waals surface area contributed by atoms with Crippen LogP contribution in [0, 0.1) is 6.92 Å². The van der Waals surface area contributed by atoms with Gasteiger partial charge in [-0.2, -0.15) is 0 Å². The fraction of sp³-hybridized carbons (Fsp3) is 0.111. The van der Waals surface area contributed by atoms with Crippen LogP contribution in [0.25, 0.3) is 10.9 Å². The molecule has 0 fully saturated rings. The molecule has 3 aromatic rings. The number of aldehydes is 1. The Bertz CT molecular complexity index is 881. The molecule has 1 heterocycles. The summed E-state index contributed by atoms with van der Waals surface area (Å²) >= 11 is 3.35. The Morgan fingerprint density at radius 2 is 1.87 bits per heavy atom. The predicted octanol–water partition coefficient (Wildman–Crippen LogP) is 4.24. The SMILES string of the molecule is Cc1c(C=O)c2ccccc2n1C(=O)COc1ccc(Br)cc1. The number of carbonyl (C=O) groups excluding carboxylic acids is 2. The van der Waals surface area contributed by atoms with Gasteiger partial charge in [-0.25, -0.2) is 0 Å². The van der Waals surface area contributed by atoms with Crippen molar-refractivity contribution in [2.75, 3.05) is 6.61 Å². The van der Waals surface area contributed by atoms with Crippen molar-refractivity contribution in [3.63, 3.8) is 0 Å². The lowest BCUT2D eigenvalue weighted by Gasteiger charge is -2.09. The third-order valence-electron chi connectivity index (χ3n) is 3.70. The summed E-state index contributed by atoms with van der Waals surface area (Å²) in [4.78, 5) is 23.9. The van der Waals surface area contributed by atoms with Crippen molar-refractivity contribution < 1.29 is 14.3 Å². The van der Waals surface area contributed by atoms with E-state index in [1.165, 1.54) is 4.57 Å². The lowest BCUT2D eigenvalue weighted by Crippen LogP contribution is -2.20. The summed E-state index contributed by atoms with van der Waals surface area (Å²) in [6, 6.07) is 14.6. The lowest BCUT2D eigenvalue weighted by molar-refractivity contribution is 0.0841. The molecule has 0 bridgehead atoms. The van der Waals surface area contributed by atoms with E-state index in [1.807, 2.05) is 36.4 Å². The number of hydrogen-bond donors (Lipinski definition) is 0. The maximum atomic E-state index is 12.6. The van der Waals surface area contributed by atoms with E-state index in [0.717, 1.165) is 21.7 Å². The minimum Gasteiger partial charge on any atom is -0.484 e. The molecule has 0 aliphatic rings. The number of ether oxygens (including phenoxy) is 1. The summed E-state index contributed by atoms with van der Waals surface area (Å²) in [5, 5.41) is 0.775. The number of aromatic nitrogens is 1. The lowest BCUT2D eigenvalue weighted by atomic mass is 10.1. The molecule has 5 heteroatoms. The molecule has 3 rings (SSSR count). The molecule has 0 amide bonds. The van der Waals surface area contributed by atoms with Gasteiger partial charge in [-0.3, -0.25) is 14.2 Å². The van der Waals surface area contributed by atoms with Crippen LogP contribution in [-0.2, 0) is 0 Å². The van der Waals surface area contributed by atoms with E-state index in [2.05, 4.69) is 15.9 Å². The van der Waals surface area contributed by atoms with Crippen LogP contribution in [0.2, 0.25) is 0 Å². The third kappa shape index (κ3) is 2.92. The largest absolute Gasteiger partial charge is 0.484 e. The van der Waals surface area contributed by atoms with E-state index >= 15 is 0 Å². The maximum Gasteiger partial charge on any atom is 0.269 e. The van der Waals surface area contributed by atoms with Crippen LogP contribution in [-0.4, -0.2) is 23.4 Å². The zero-order valence-corrected chi connectivity index (χ0v) is 14.0. The number of rotatable bonds is 4. The highest BCUT2D eigenvalue weighted by atomic mass is 79.9. The fourth-order valence-corrected chi connectivity index (χ4v) is 2.87. The number of halogens is 1. The second kappa shape index (κ2) is 6.38. The van der Waals surface area contributed by atoms with Crippen molar-refractivity contribution in [2.45, 2.75) is 6.92 Å². The zero-order valence-electron chi connectivity index (χ0n) is 12.5. The van der Waals surface area contributed by atoms with Gasteiger partial charge in [0.15, 0.2) is 12.9 Å². The molecule has 4 nitrogen and oxygen atoms in total. The van der Waals surface area contributed by atoms with Gasteiger partial charge in [0.2, 0.25) is 0 Å². The topological polar surface area (TPSA) is 48.3 Å².